The minimum Gasteiger partial charge on any atom is -0.374 e. The van der Waals surface area contributed by atoms with Crippen molar-refractivity contribution in [3.63, 3.8) is 0 Å². The monoisotopic (exact) mass is 344 g/mol. The largest absolute Gasteiger partial charge is 0.374 e. The van der Waals surface area contributed by atoms with Crippen LogP contribution in [0.15, 0.2) is 24.3 Å². The highest BCUT2D eigenvalue weighted by molar-refractivity contribution is 7.88. The molecule has 0 aromatic heterocycles. The first kappa shape index (κ1) is 18.3. The van der Waals surface area contributed by atoms with Crippen molar-refractivity contribution in [3.8, 4) is 0 Å². The molecule has 0 aliphatic carbocycles. The molecule has 0 unspecified atom stereocenters. The van der Waals surface area contributed by atoms with Crippen LogP contribution in [0.5, 0.6) is 0 Å². The zero-order chi connectivity index (χ0) is 16.9. The zero-order valence-corrected chi connectivity index (χ0v) is 14.5. The van der Waals surface area contributed by atoms with Crippen molar-refractivity contribution < 1.29 is 17.5 Å². The van der Waals surface area contributed by atoms with Gasteiger partial charge >= 0.3 is 0 Å². The van der Waals surface area contributed by atoms with Crippen LogP contribution in [-0.4, -0.2) is 52.2 Å². The van der Waals surface area contributed by atoms with E-state index < -0.39 is 10.0 Å². The molecule has 1 saturated heterocycles. The molecule has 1 aliphatic rings. The molecule has 0 bridgehead atoms. The lowest BCUT2D eigenvalue weighted by molar-refractivity contribution is -0.0280. The molecular formula is C16H25FN2O3S. The number of morpholine rings is 1. The Bertz CT molecular complexity index is 590. The molecule has 130 valence electrons. The number of halogens is 1. The van der Waals surface area contributed by atoms with E-state index >= 15 is 0 Å². The minimum absolute atomic E-state index is 0.134. The summed E-state index contributed by atoms with van der Waals surface area (Å²) in [4.78, 5) is 2.30. The maximum atomic E-state index is 12.9. The minimum atomic E-state index is -3.46. The highest BCUT2D eigenvalue weighted by Crippen LogP contribution is 2.09. The molecule has 7 heteroatoms. The fourth-order valence-electron chi connectivity index (χ4n) is 2.66. The average molecular weight is 344 g/mol. The molecule has 0 spiro atoms. The van der Waals surface area contributed by atoms with Gasteiger partial charge in [0.2, 0.25) is 10.0 Å². The maximum absolute atomic E-state index is 12.9. The summed E-state index contributed by atoms with van der Waals surface area (Å²) in [5.41, 5.74) is 0.560. The summed E-state index contributed by atoms with van der Waals surface area (Å²) >= 11 is 0. The number of rotatable bonds is 7. The molecule has 0 radical (unpaired) electrons. The SMILES string of the molecule is CC(C)CN1CCO[C@@H](CNS(=O)(=O)Cc2ccc(F)cc2)C1. The smallest absolute Gasteiger partial charge is 0.215 e. The molecule has 1 heterocycles. The van der Waals surface area contributed by atoms with E-state index in [9.17, 15) is 12.8 Å². The predicted molar refractivity (Wildman–Crippen MR) is 88.0 cm³/mol. The number of benzene rings is 1. The Hall–Kier alpha value is -1.02. The van der Waals surface area contributed by atoms with Crippen LogP contribution in [0.1, 0.15) is 19.4 Å². The second-order valence-electron chi connectivity index (χ2n) is 6.38. The first-order valence-electron chi connectivity index (χ1n) is 7.90. The first-order chi connectivity index (χ1) is 10.8. The third kappa shape index (κ3) is 6.55. The summed E-state index contributed by atoms with van der Waals surface area (Å²) in [7, 11) is -3.46. The molecule has 0 amide bonds. The van der Waals surface area contributed by atoms with E-state index in [1.807, 2.05) is 0 Å². The molecule has 1 aromatic carbocycles. The highest BCUT2D eigenvalue weighted by Gasteiger charge is 2.22. The van der Waals surface area contributed by atoms with Crippen LogP contribution in [0.25, 0.3) is 0 Å². The third-order valence-corrected chi connectivity index (χ3v) is 4.97. The van der Waals surface area contributed by atoms with E-state index in [1.165, 1.54) is 24.3 Å². The van der Waals surface area contributed by atoms with Crippen LogP contribution in [-0.2, 0) is 20.5 Å². The first-order valence-corrected chi connectivity index (χ1v) is 9.55. The summed E-state index contributed by atoms with van der Waals surface area (Å²) in [6.07, 6.45) is -0.134. The molecule has 0 saturated carbocycles. The van der Waals surface area contributed by atoms with Gasteiger partial charge in [0.05, 0.1) is 18.5 Å². The van der Waals surface area contributed by atoms with Gasteiger partial charge in [0.25, 0.3) is 0 Å². The highest BCUT2D eigenvalue weighted by atomic mass is 32.2. The van der Waals surface area contributed by atoms with Gasteiger partial charge in [0.1, 0.15) is 5.82 Å². The number of hydrogen-bond donors (Lipinski definition) is 1. The van der Waals surface area contributed by atoms with Gasteiger partial charge in [-0.3, -0.25) is 4.90 Å². The standard InChI is InChI=1S/C16H25FN2O3S/c1-13(2)10-19-7-8-22-16(11-19)9-18-23(20,21)12-14-3-5-15(17)6-4-14/h3-6,13,16,18H,7-12H2,1-2H3/t16-/m0/s1. The van der Waals surface area contributed by atoms with Gasteiger partial charge in [0, 0.05) is 26.2 Å². The van der Waals surface area contributed by atoms with Crippen LogP contribution in [0.3, 0.4) is 0 Å². The summed E-state index contributed by atoms with van der Waals surface area (Å²) < 4.78 is 45.3. The Morgan fingerprint density at radius 2 is 2.04 bits per heavy atom. The van der Waals surface area contributed by atoms with Gasteiger partial charge in [-0.25, -0.2) is 17.5 Å². The molecule has 1 fully saturated rings. The second-order valence-corrected chi connectivity index (χ2v) is 8.19. The fourth-order valence-corrected chi connectivity index (χ4v) is 3.83. The summed E-state index contributed by atoms with van der Waals surface area (Å²) in [5.74, 6) is 0.0410. The van der Waals surface area contributed by atoms with Crippen LogP contribution in [0, 0.1) is 11.7 Å². The van der Waals surface area contributed by atoms with Crippen molar-refractivity contribution >= 4 is 10.0 Å². The topological polar surface area (TPSA) is 58.6 Å². The van der Waals surface area contributed by atoms with Gasteiger partial charge in [0.15, 0.2) is 0 Å². The number of nitrogens with one attached hydrogen (secondary N) is 1. The van der Waals surface area contributed by atoms with Crippen molar-refractivity contribution in [2.75, 3.05) is 32.8 Å². The molecule has 1 aromatic rings. The van der Waals surface area contributed by atoms with E-state index in [0.717, 1.165) is 19.6 Å². The molecule has 2 rings (SSSR count). The Balaban J connectivity index is 1.82. The Morgan fingerprint density at radius 3 is 2.70 bits per heavy atom. The van der Waals surface area contributed by atoms with Gasteiger partial charge in [-0.05, 0) is 23.6 Å². The molecule has 1 N–H and O–H groups in total. The quantitative estimate of drug-likeness (QED) is 0.816. The molecular weight excluding hydrogens is 319 g/mol. The zero-order valence-electron chi connectivity index (χ0n) is 13.7. The van der Waals surface area contributed by atoms with E-state index in [1.54, 1.807) is 0 Å². The Kier molecular flexibility index (Phi) is 6.52. The van der Waals surface area contributed by atoms with Gasteiger partial charge in [-0.15, -0.1) is 0 Å². The van der Waals surface area contributed by atoms with E-state index in [4.69, 9.17) is 4.74 Å². The number of hydrogen-bond acceptors (Lipinski definition) is 4. The Labute approximate surface area is 137 Å². The lowest BCUT2D eigenvalue weighted by Gasteiger charge is -2.33. The second kappa shape index (κ2) is 8.19. The normalized spacial score (nSPS) is 20.1. The maximum Gasteiger partial charge on any atom is 0.215 e. The van der Waals surface area contributed by atoms with E-state index in [2.05, 4.69) is 23.5 Å². The van der Waals surface area contributed by atoms with Crippen molar-refractivity contribution in [1.82, 2.24) is 9.62 Å². The van der Waals surface area contributed by atoms with Crippen LogP contribution in [0.4, 0.5) is 4.39 Å². The van der Waals surface area contributed by atoms with E-state index in [-0.39, 0.29) is 24.2 Å². The number of nitrogens with zero attached hydrogens (tertiary/aromatic N) is 1. The third-order valence-electron chi connectivity index (χ3n) is 3.65. The van der Waals surface area contributed by atoms with Gasteiger partial charge in [-0.1, -0.05) is 26.0 Å². The molecule has 5 nitrogen and oxygen atoms in total. The van der Waals surface area contributed by atoms with E-state index in [0.29, 0.717) is 18.1 Å². The predicted octanol–water partition coefficient (Wildman–Crippen LogP) is 1.60. The summed E-state index contributed by atoms with van der Waals surface area (Å²) in [6.45, 7) is 7.82. The van der Waals surface area contributed by atoms with Crippen LogP contribution >= 0.6 is 0 Å². The average Bonchev–Trinajstić information content (AvgIpc) is 2.47. The van der Waals surface area contributed by atoms with Crippen molar-refractivity contribution in [2.24, 2.45) is 5.92 Å². The Morgan fingerprint density at radius 1 is 1.35 bits per heavy atom. The van der Waals surface area contributed by atoms with Crippen molar-refractivity contribution in [2.45, 2.75) is 25.7 Å². The van der Waals surface area contributed by atoms with Crippen molar-refractivity contribution in [1.29, 1.82) is 0 Å². The molecule has 23 heavy (non-hydrogen) atoms. The van der Waals surface area contributed by atoms with Gasteiger partial charge in [-0.2, -0.15) is 0 Å². The van der Waals surface area contributed by atoms with Crippen LogP contribution in [0.2, 0.25) is 0 Å². The van der Waals surface area contributed by atoms with Crippen molar-refractivity contribution in [3.05, 3.63) is 35.6 Å². The molecule has 1 atom stereocenters. The lowest BCUT2D eigenvalue weighted by atomic mass is 10.2. The summed E-state index contributed by atoms with van der Waals surface area (Å²) in [5, 5.41) is 0. The number of sulfonamides is 1. The lowest BCUT2D eigenvalue weighted by Crippen LogP contribution is -2.48. The van der Waals surface area contributed by atoms with Crippen LogP contribution < -0.4 is 4.72 Å². The fraction of sp³-hybridized carbons (Fsp3) is 0.625. The summed E-state index contributed by atoms with van der Waals surface area (Å²) in [6, 6.07) is 5.49. The molecule has 1 aliphatic heterocycles. The van der Waals surface area contributed by atoms with Gasteiger partial charge < -0.3 is 4.74 Å². The number of ether oxygens (including phenoxy) is 1.